The van der Waals surface area contributed by atoms with Crippen molar-refractivity contribution in [3.8, 4) is 0 Å². The number of nitrogens with zero attached hydrogens (tertiary/aromatic N) is 1. The molecule has 4 aliphatic rings. The van der Waals surface area contributed by atoms with Crippen LogP contribution in [0.3, 0.4) is 0 Å². The van der Waals surface area contributed by atoms with Gasteiger partial charge in [0, 0.05) is 32.2 Å². The summed E-state index contributed by atoms with van der Waals surface area (Å²) in [6, 6.07) is 8.00. The molecule has 0 fully saturated rings. The van der Waals surface area contributed by atoms with E-state index in [1.54, 1.807) is 6.92 Å². The molecule has 1 unspecified atom stereocenters. The zero-order chi connectivity index (χ0) is 25.8. The number of hydrogen-bond donors (Lipinski definition) is 3. The van der Waals surface area contributed by atoms with Gasteiger partial charge in [0.15, 0.2) is 5.60 Å². The number of allylic oxidation sites excluding steroid dienone is 2. The van der Waals surface area contributed by atoms with Crippen LogP contribution in [0.4, 0.5) is 0 Å². The van der Waals surface area contributed by atoms with Crippen LogP contribution in [0.2, 0.25) is 25.2 Å². The van der Waals surface area contributed by atoms with Crippen molar-refractivity contribution in [2.75, 3.05) is 6.61 Å². The number of aliphatic hydroxyl groups is 1. The largest absolute Gasteiger partial charge is 0.481 e. The Balaban J connectivity index is 1.40. The second kappa shape index (κ2) is 8.74. The number of nitrogens with one attached hydrogen (secondary N) is 1. The third-order valence-corrected chi connectivity index (χ3v) is 11.2. The average Bonchev–Trinajstić information content (AvgIpc) is 3.20. The highest BCUT2D eigenvalue weighted by atomic mass is 28.3. The van der Waals surface area contributed by atoms with Crippen LogP contribution in [0.5, 0.6) is 0 Å². The van der Waals surface area contributed by atoms with E-state index in [1.165, 1.54) is 11.1 Å². The zero-order valence-electron chi connectivity index (χ0n) is 20.9. The van der Waals surface area contributed by atoms with E-state index in [1.807, 2.05) is 17.0 Å². The SMILES string of the molecule is CCC1(O)C(=O)OCC2=C1CC1=C(C2=O)N2Cc3c(cccc3CC[Si](C)(C)CCC(=O)O)C=C2N1. The van der Waals surface area contributed by atoms with Gasteiger partial charge >= 0.3 is 11.9 Å². The van der Waals surface area contributed by atoms with Crippen molar-refractivity contribution in [1.29, 1.82) is 0 Å². The molecular formula is C27H32N2O6Si. The highest BCUT2D eigenvalue weighted by molar-refractivity contribution is 6.77. The Kier molecular flexibility index (Phi) is 5.95. The summed E-state index contributed by atoms with van der Waals surface area (Å²) in [5, 5.41) is 23.5. The minimum absolute atomic E-state index is 0.114. The van der Waals surface area contributed by atoms with Gasteiger partial charge in [0.25, 0.3) is 0 Å². The summed E-state index contributed by atoms with van der Waals surface area (Å²) in [5.74, 6) is -0.815. The molecule has 0 spiro atoms. The molecule has 36 heavy (non-hydrogen) atoms. The Hall–Kier alpha value is -3.17. The van der Waals surface area contributed by atoms with Crippen LogP contribution in [-0.4, -0.2) is 53.1 Å². The molecule has 0 bridgehead atoms. The first-order valence-electron chi connectivity index (χ1n) is 12.5. The van der Waals surface area contributed by atoms with Crippen LogP contribution in [0.15, 0.2) is 46.6 Å². The lowest BCUT2D eigenvalue weighted by Gasteiger charge is -2.36. The number of carboxylic acids is 1. The molecule has 0 saturated carbocycles. The number of aryl methyl sites for hydroxylation is 1. The van der Waals surface area contributed by atoms with Crippen LogP contribution in [0, 0.1) is 0 Å². The van der Waals surface area contributed by atoms with Gasteiger partial charge in [0.05, 0.1) is 6.54 Å². The number of Topliss-reactive ketones (excluding diaryl/α,β-unsaturated/α-hetero) is 1. The molecule has 0 aromatic heterocycles. The van der Waals surface area contributed by atoms with Gasteiger partial charge in [0.1, 0.15) is 18.1 Å². The van der Waals surface area contributed by atoms with Crippen molar-refractivity contribution in [2.24, 2.45) is 0 Å². The van der Waals surface area contributed by atoms with E-state index in [0.29, 0.717) is 35.5 Å². The van der Waals surface area contributed by atoms with Gasteiger partial charge in [-0.3, -0.25) is 9.59 Å². The van der Waals surface area contributed by atoms with Crippen molar-refractivity contribution in [3.63, 3.8) is 0 Å². The Morgan fingerprint density at radius 2 is 2.03 bits per heavy atom. The van der Waals surface area contributed by atoms with Crippen molar-refractivity contribution in [3.05, 3.63) is 63.3 Å². The molecule has 0 amide bonds. The highest BCUT2D eigenvalue weighted by Crippen LogP contribution is 2.44. The molecule has 1 aromatic carbocycles. The number of carboxylic acid groups (broad SMARTS) is 1. The Bertz CT molecular complexity index is 1280. The fraction of sp³-hybridized carbons (Fsp3) is 0.444. The van der Waals surface area contributed by atoms with Crippen LogP contribution in [0.1, 0.15) is 42.9 Å². The van der Waals surface area contributed by atoms with Gasteiger partial charge in [-0.25, -0.2) is 4.79 Å². The number of cyclic esters (lactones) is 1. The van der Waals surface area contributed by atoms with E-state index in [0.717, 1.165) is 29.9 Å². The predicted molar refractivity (Wildman–Crippen MR) is 136 cm³/mol. The summed E-state index contributed by atoms with van der Waals surface area (Å²) in [5.41, 5.74) is 3.83. The Morgan fingerprint density at radius 3 is 2.75 bits per heavy atom. The molecule has 1 aromatic rings. The molecule has 5 rings (SSSR count). The van der Waals surface area contributed by atoms with Gasteiger partial charge in [0.2, 0.25) is 5.78 Å². The summed E-state index contributed by atoms with van der Waals surface area (Å²) >= 11 is 0. The molecule has 3 N–H and O–H groups in total. The molecule has 8 nitrogen and oxygen atoms in total. The zero-order valence-corrected chi connectivity index (χ0v) is 21.9. The van der Waals surface area contributed by atoms with Gasteiger partial charge in [-0.15, -0.1) is 0 Å². The quantitative estimate of drug-likeness (QED) is 0.380. The smallest absolute Gasteiger partial charge is 0.342 e. The van der Waals surface area contributed by atoms with Crippen LogP contribution >= 0.6 is 0 Å². The second-order valence-corrected chi connectivity index (χ2v) is 16.2. The summed E-state index contributed by atoms with van der Waals surface area (Å²) in [6.07, 6.45) is 3.59. The molecule has 1 atom stereocenters. The van der Waals surface area contributed by atoms with Crippen molar-refractivity contribution >= 4 is 31.9 Å². The highest BCUT2D eigenvalue weighted by Gasteiger charge is 2.51. The number of aliphatic carboxylic acids is 1. The third kappa shape index (κ3) is 4.00. The molecule has 3 aliphatic heterocycles. The average molecular weight is 509 g/mol. The van der Waals surface area contributed by atoms with E-state index < -0.39 is 25.6 Å². The monoisotopic (exact) mass is 508 g/mol. The molecule has 1 aliphatic carbocycles. The van der Waals surface area contributed by atoms with Gasteiger partial charge in [-0.2, -0.15) is 0 Å². The van der Waals surface area contributed by atoms with Gasteiger partial charge < -0.3 is 25.2 Å². The lowest BCUT2D eigenvalue weighted by Crippen LogP contribution is -2.48. The minimum atomic E-state index is -1.77. The molecule has 0 saturated heterocycles. The summed E-state index contributed by atoms with van der Waals surface area (Å²) < 4.78 is 5.21. The fourth-order valence-electron chi connectivity index (χ4n) is 5.65. The van der Waals surface area contributed by atoms with Crippen LogP contribution < -0.4 is 5.32 Å². The third-order valence-electron chi connectivity index (χ3n) is 8.03. The molecule has 190 valence electrons. The second-order valence-electron chi connectivity index (χ2n) is 10.9. The van der Waals surface area contributed by atoms with E-state index in [4.69, 9.17) is 9.84 Å². The first-order chi connectivity index (χ1) is 17.0. The number of ketones is 1. The van der Waals surface area contributed by atoms with Crippen molar-refractivity contribution < 1.29 is 29.3 Å². The van der Waals surface area contributed by atoms with Crippen LogP contribution in [-0.2, 0) is 32.1 Å². The number of benzene rings is 1. The van der Waals surface area contributed by atoms with Crippen molar-refractivity contribution in [1.82, 2.24) is 10.2 Å². The number of esters is 1. The number of rotatable bonds is 7. The summed E-state index contributed by atoms with van der Waals surface area (Å²) in [6.45, 7) is 6.63. The number of carbonyl (C=O) groups is 3. The topological polar surface area (TPSA) is 116 Å². The Labute approximate surface area is 211 Å². The number of hydrogen-bond acceptors (Lipinski definition) is 7. The number of carbonyl (C=O) groups excluding carboxylic acids is 2. The normalized spacial score (nSPS) is 22.9. The number of ether oxygens (including phenoxy) is 1. The maximum atomic E-state index is 13.6. The fourth-order valence-corrected chi connectivity index (χ4v) is 7.73. The minimum Gasteiger partial charge on any atom is -0.481 e. The summed E-state index contributed by atoms with van der Waals surface area (Å²) in [4.78, 5) is 39.0. The Morgan fingerprint density at radius 1 is 1.25 bits per heavy atom. The van der Waals surface area contributed by atoms with Crippen molar-refractivity contribution in [2.45, 2.75) is 69.9 Å². The predicted octanol–water partition coefficient (Wildman–Crippen LogP) is 3.31. The van der Waals surface area contributed by atoms with Crippen LogP contribution in [0.25, 0.3) is 6.08 Å². The molecule has 9 heteroatoms. The molecule has 3 heterocycles. The van der Waals surface area contributed by atoms with E-state index in [2.05, 4.69) is 30.5 Å². The van der Waals surface area contributed by atoms with Gasteiger partial charge in [-0.1, -0.05) is 44.3 Å². The van der Waals surface area contributed by atoms with E-state index >= 15 is 0 Å². The molecule has 0 radical (unpaired) electrons. The first kappa shape index (κ1) is 24.5. The molecular weight excluding hydrogens is 476 g/mol. The first-order valence-corrected chi connectivity index (χ1v) is 15.9. The maximum Gasteiger partial charge on any atom is 0.342 e. The summed E-state index contributed by atoms with van der Waals surface area (Å²) in [7, 11) is -1.66. The van der Waals surface area contributed by atoms with Gasteiger partial charge in [-0.05, 0) is 47.2 Å². The number of fused-ring (bicyclic) bond motifs is 3. The standard InChI is InChI=1S/C27H32N2O6Si/c1-4-27(34)20-13-21-24(25(32)19(20)15-35-26(27)33)29-14-18-16(6-5-7-17(18)12-22(29)28-21)8-10-36(2,3)11-9-23(30)31/h5-7,12,28,34H,4,8-11,13-15H2,1-3H3,(H,30,31). The lowest BCUT2D eigenvalue weighted by atomic mass is 9.78. The van der Waals surface area contributed by atoms with E-state index in [9.17, 15) is 19.5 Å². The maximum absolute atomic E-state index is 13.6. The van der Waals surface area contributed by atoms with E-state index in [-0.39, 0.29) is 25.2 Å². The lowest BCUT2D eigenvalue weighted by molar-refractivity contribution is -0.163.